The number of rotatable bonds is 2. The Hall–Kier alpha value is -2.99. The molecule has 3 aromatic rings. The largest absolute Gasteiger partial charge is 0.504 e. The van der Waals surface area contributed by atoms with Gasteiger partial charge in [-0.25, -0.2) is 0 Å². The molecule has 0 radical (unpaired) electrons. The molecular weight excluding hydrogens is 358 g/mol. The Bertz CT molecular complexity index is 1130. The SMILES string of the molecule is COc1cc([C@@H]2NC(=O)c3oc4cc(C)c(Cl)cc4c(=O)c32)ccc1O. The molecule has 1 aliphatic rings. The van der Waals surface area contributed by atoms with Crippen LogP contribution in [0.25, 0.3) is 11.0 Å². The zero-order chi connectivity index (χ0) is 18.6. The molecule has 26 heavy (non-hydrogen) atoms. The summed E-state index contributed by atoms with van der Waals surface area (Å²) in [5, 5.41) is 13.3. The van der Waals surface area contributed by atoms with Crippen molar-refractivity contribution in [3.8, 4) is 11.5 Å². The number of nitrogens with one attached hydrogen (secondary N) is 1. The fourth-order valence-corrected chi connectivity index (χ4v) is 3.32. The van der Waals surface area contributed by atoms with Gasteiger partial charge in [-0.2, -0.15) is 0 Å². The molecular formula is C19H14ClNO5. The summed E-state index contributed by atoms with van der Waals surface area (Å²) in [6.45, 7) is 1.79. The zero-order valence-electron chi connectivity index (χ0n) is 13.9. The number of carbonyl (C=O) groups excluding carboxylic acids is 1. The lowest BCUT2D eigenvalue weighted by atomic mass is 9.98. The smallest absolute Gasteiger partial charge is 0.288 e. The normalized spacial score (nSPS) is 15.8. The molecule has 0 fully saturated rings. The number of amides is 1. The predicted octanol–water partition coefficient (Wildman–Crippen LogP) is 3.30. The van der Waals surface area contributed by atoms with Crippen molar-refractivity contribution in [2.75, 3.05) is 7.11 Å². The summed E-state index contributed by atoms with van der Waals surface area (Å²) in [6.07, 6.45) is 0. The predicted molar refractivity (Wildman–Crippen MR) is 96.2 cm³/mol. The third kappa shape index (κ3) is 2.34. The van der Waals surface area contributed by atoms with Gasteiger partial charge in [-0.3, -0.25) is 9.59 Å². The minimum Gasteiger partial charge on any atom is -0.504 e. The molecule has 2 N–H and O–H groups in total. The van der Waals surface area contributed by atoms with Gasteiger partial charge in [0.1, 0.15) is 5.58 Å². The fraction of sp³-hybridized carbons (Fsp3) is 0.158. The van der Waals surface area contributed by atoms with Crippen LogP contribution in [0.15, 0.2) is 39.5 Å². The van der Waals surface area contributed by atoms with Crippen LogP contribution in [0, 0.1) is 6.92 Å². The van der Waals surface area contributed by atoms with Gasteiger partial charge in [-0.1, -0.05) is 17.7 Å². The van der Waals surface area contributed by atoms with Crippen LogP contribution in [0.1, 0.15) is 33.3 Å². The van der Waals surface area contributed by atoms with E-state index in [1.165, 1.54) is 13.2 Å². The minimum atomic E-state index is -0.701. The van der Waals surface area contributed by atoms with Gasteiger partial charge in [-0.15, -0.1) is 0 Å². The number of methoxy groups -OCH3 is 1. The lowest BCUT2D eigenvalue weighted by Crippen LogP contribution is -2.22. The molecule has 0 saturated heterocycles. The van der Waals surface area contributed by atoms with Crippen LogP contribution in [0.4, 0.5) is 0 Å². The van der Waals surface area contributed by atoms with Crippen molar-refractivity contribution in [3.63, 3.8) is 0 Å². The Morgan fingerprint density at radius 3 is 2.73 bits per heavy atom. The molecule has 2 heterocycles. The number of phenols is 1. The lowest BCUT2D eigenvalue weighted by Gasteiger charge is -2.13. The summed E-state index contributed by atoms with van der Waals surface area (Å²) in [6, 6.07) is 7.12. The highest BCUT2D eigenvalue weighted by molar-refractivity contribution is 6.32. The molecule has 7 heteroatoms. The molecule has 1 aromatic heterocycles. The summed E-state index contributed by atoms with van der Waals surface area (Å²) in [4.78, 5) is 25.4. The van der Waals surface area contributed by atoms with Gasteiger partial charge in [0.25, 0.3) is 5.91 Å². The summed E-state index contributed by atoms with van der Waals surface area (Å²) in [5.41, 5.74) is 1.56. The second-order valence-corrected chi connectivity index (χ2v) is 6.52. The van der Waals surface area contributed by atoms with Crippen LogP contribution in [0.3, 0.4) is 0 Å². The van der Waals surface area contributed by atoms with Crippen molar-refractivity contribution in [1.29, 1.82) is 0 Å². The minimum absolute atomic E-state index is 0.0127. The number of aryl methyl sites for hydroxylation is 1. The Labute approximate surface area is 153 Å². The van der Waals surface area contributed by atoms with E-state index in [0.717, 1.165) is 5.56 Å². The quantitative estimate of drug-likeness (QED) is 0.721. The van der Waals surface area contributed by atoms with E-state index in [1.54, 1.807) is 31.2 Å². The van der Waals surface area contributed by atoms with Crippen molar-refractivity contribution >= 4 is 28.5 Å². The van der Waals surface area contributed by atoms with Crippen molar-refractivity contribution in [2.45, 2.75) is 13.0 Å². The van der Waals surface area contributed by atoms with Gasteiger partial charge in [-0.05, 0) is 42.3 Å². The van der Waals surface area contributed by atoms with Crippen molar-refractivity contribution in [2.24, 2.45) is 0 Å². The number of benzene rings is 2. The van der Waals surface area contributed by atoms with E-state index in [9.17, 15) is 14.7 Å². The molecule has 4 rings (SSSR count). The molecule has 1 amide bonds. The first kappa shape index (κ1) is 16.5. The van der Waals surface area contributed by atoms with Gasteiger partial charge in [0.05, 0.1) is 24.1 Å². The van der Waals surface area contributed by atoms with E-state index < -0.39 is 11.9 Å². The van der Waals surface area contributed by atoms with Gasteiger partial charge in [0.15, 0.2) is 16.9 Å². The maximum Gasteiger partial charge on any atom is 0.288 e. The second-order valence-electron chi connectivity index (χ2n) is 6.11. The molecule has 1 aliphatic heterocycles. The van der Waals surface area contributed by atoms with E-state index in [2.05, 4.69) is 5.32 Å². The van der Waals surface area contributed by atoms with Gasteiger partial charge < -0.3 is 19.6 Å². The van der Waals surface area contributed by atoms with E-state index in [1.807, 2.05) is 0 Å². The van der Waals surface area contributed by atoms with Gasteiger partial charge in [0, 0.05) is 5.02 Å². The number of hydrogen-bond acceptors (Lipinski definition) is 5. The monoisotopic (exact) mass is 371 g/mol. The molecule has 0 bridgehead atoms. The molecule has 0 aliphatic carbocycles. The zero-order valence-corrected chi connectivity index (χ0v) is 14.7. The highest BCUT2D eigenvalue weighted by Gasteiger charge is 2.36. The highest BCUT2D eigenvalue weighted by Crippen LogP contribution is 2.35. The molecule has 0 unspecified atom stereocenters. The number of carbonyl (C=O) groups is 1. The average Bonchev–Trinajstić information content (AvgIpc) is 2.94. The number of aromatic hydroxyl groups is 1. The van der Waals surface area contributed by atoms with E-state index in [0.29, 0.717) is 21.6 Å². The molecule has 0 spiro atoms. The Morgan fingerprint density at radius 2 is 2.00 bits per heavy atom. The second kappa shape index (κ2) is 5.78. The van der Waals surface area contributed by atoms with E-state index >= 15 is 0 Å². The maximum absolute atomic E-state index is 13.0. The van der Waals surface area contributed by atoms with Gasteiger partial charge in [0.2, 0.25) is 5.76 Å². The van der Waals surface area contributed by atoms with Crippen LogP contribution in [0.2, 0.25) is 5.02 Å². The first-order chi connectivity index (χ1) is 12.4. The lowest BCUT2D eigenvalue weighted by molar-refractivity contribution is 0.0938. The molecule has 2 aromatic carbocycles. The van der Waals surface area contributed by atoms with E-state index in [-0.39, 0.29) is 28.3 Å². The number of fused-ring (bicyclic) bond motifs is 2. The Kier molecular flexibility index (Phi) is 3.66. The van der Waals surface area contributed by atoms with Crippen LogP contribution in [-0.2, 0) is 0 Å². The molecule has 6 nitrogen and oxygen atoms in total. The number of ether oxygens (including phenoxy) is 1. The summed E-state index contributed by atoms with van der Waals surface area (Å²) < 4.78 is 10.8. The van der Waals surface area contributed by atoms with Gasteiger partial charge >= 0.3 is 0 Å². The van der Waals surface area contributed by atoms with Crippen molar-refractivity contribution in [3.05, 3.63) is 68.0 Å². The van der Waals surface area contributed by atoms with E-state index in [4.69, 9.17) is 20.8 Å². The third-order valence-corrected chi connectivity index (χ3v) is 4.92. The summed E-state index contributed by atoms with van der Waals surface area (Å²) in [7, 11) is 1.42. The number of hydrogen-bond donors (Lipinski definition) is 2. The topological polar surface area (TPSA) is 88.8 Å². The molecule has 0 saturated carbocycles. The van der Waals surface area contributed by atoms with Crippen LogP contribution >= 0.6 is 11.6 Å². The maximum atomic E-state index is 13.0. The highest BCUT2D eigenvalue weighted by atomic mass is 35.5. The first-order valence-electron chi connectivity index (χ1n) is 7.85. The van der Waals surface area contributed by atoms with Crippen molar-refractivity contribution in [1.82, 2.24) is 5.32 Å². The summed E-state index contributed by atoms with van der Waals surface area (Å²) in [5.74, 6) is -0.271. The van der Waals surface area contributed by atoms with Crippen molar-refractivity contribution < 1.29 is 19.1 Å². The third-order valence-electron chi connectivity index (χ3n) is 4.51. The van der Waals surface area contributed by atoms with Crippen LogP contribution in [0.5, 0.6) is 11.5 Å². The Morgan fingerprint density at radius 1 is 1.23 bits per heavy atom. The average molecular weight is 372 g/mol. The number of halogens is 1. The Balaban J connectivity index is 1.97. The van der Waals surface area contributed by atoms with Crippen LogP contribution < -0.4 is 15.5 Å². The number of phenolic OH excluding ortho intramolecular Hbond substituents is 1. The standard InChI is InChI=1S/C19H14ClNO5/c1-8-5-13-10(7-11(8)20)17(23)15-16(21-19(24)18(15)26-13)9-3-4-12(22)14(6-9)25-2/h3-7,16,22H,1-2H3,(H,21,24)/t16-/m0/s1. The molecule has 1 atom stereocenters. The fourth-order valence-electron chi connectivity index (χ4n) is 3.15. The summed E-state index contributed by atoms with van der Waals surface area (Å²) >= 11 is 6.14. The van der Waals surface area contributed by atoms with Crippen LogP contribution in [-0.4, -0.2) is 18.1 Å². The first-order valence-corrected chi connectivity index (χ1v) is 8.23. The molecule has 132 valence electrons.